The van der Waals surface area contributed by atoms with Crippen LogP contribution in [0, 0.1) is 6.92 Å². The molecule has 7 heteroatoms. The summed E-state index contributed by atoms with van der Waals surface area (Å²) in [6.45, 7) is 1.78. The molecule has 1 heterocycles. The summed E-state index contributed by atoms with van der Waals surface area (Å²) < 4.78 is 1.23. The first kappa shape index (κ1) is 19.5. The van der Waals surface area contributed by atoms with Gasteiger partial charge in [0.05, 0.1) is 21.7 Å². The quantitative estimate of drug-likeness (QED) is 0.478. The third-order valence-electron chi connectivity index (χ3n) is 4.90. The Labute approximate surface area is 176 Å². The number of hydrogen-bond acceptors (Lipinski definition) is 4. The topological polar surface area (TPSA) is 89.3 Å². The molecule has 0 fully saturated rings. The summed E-state index contributed by atoms with van der Waals surface area (Å²) in [5, 5.41) is 14.5. The van der Waals surface area contributed by atoms with Gasteiger partial charge in [-0.1, -0.05) is 48.0 Å². The molecule has 30 heavy (non-hydrogen) atoms. The number of fused-ring (bicyclic) bond motifs is 1. The molecule has 0 radical (unpaired) electrons. The highest BCUT2D eigenvalue weighted by molar-refractivity contribution is 6.34. The molecule has 6 nitrogen and oxygen atoms in total. The monoisotopic (exact) mass is 418 g/mol. The third kappa shape index (κ3) is 3.17. The summed E-state index contributed by atoms with van der Waals surface area (Å²) in [6, 6.07) is 16.3. The Morgan fingerprint density at radius 1 is 1.03 bits per heavy atom. The lowest BCUT2D eigenvalue weighted by Gasteiger charge is -2.08. The van der Waals surface area contributed by atoms with Crippen LogP contribution < -0.4 is 0 Å². The average molecular weight is 419 g/mol. The number of aryl methyl sites for hydroxylation is 1. The number of carboxylic acid groups (broad SMARTS) is 1. The summed E-state index contributed by atoms with van der Waals surface area (Å²) in [7, 11) is 0. The summed E-state index contributed by atoms with van der Waals surface area (Å²) in [5.41, 5.74) is 2.98. The smallest absolute Gasteiger partial charge is 0.335 e. The Morgan fingerprint density at radius 2 is 1.73 bits per heavy atom. The Kier molecular flexibility index (Phi) is 4.93. The Hall–Kier alpha value is -3.77. The van der Waals surface area contributed by atoms with Crippen molar-refractivity contribution in [3.05, 3.63) is 87.9 Å². The summed E-state index contributed by atoms with van der Waals surface area (Å²) in [4.78, 5) is 36.2. The molecule has 1 aromatic heterocycles. The number of benzene rings is 3. The summed E-state index contributed by atoms with van der Waals surface area (Å²) in [6.07, 6.45) is 0.703. The minimum Gasteiger partial charge on any atom is -0.478 e. The summed E-state index contributed by atoms with van der Waals surface area (Å²) >= 11 is 6.28. The van der Waals surface area contributed by atoms with Gasteiger partial charge in [-0.15, -0.1) is 0 Å². The molecule has 0 aliphatic carbocycles. The van der Waals surface area contributed by atoms with Crippen LogP contribution in [-0.2, 0) is 0 Å². The van der Waals surface area contributed by atoms with E-state index in [4.69, 9.17) is 16.7 Å². The van der Waals surface area contributed by atoms with Gasteiger partial charge in [0.25, 0.3) is 5.91 Å². The van der Waals surface area contributed by atoms with Crippen LogP contribution in [0.25, 0.3) is 22.2 Å². The molecule has 0 amide bonds. The molecule has 3 aromatic carbocycles. The van der Waals surface area contributed by atoms with Gasteiger partial charge in [-0.2, -0.15) is 9.78 Å². The van der Waals surface area contributed by atoms with Gasteiger partial charge in [0.2, 0.25) is 0 Å². The first-order valence-electron chi connectivity index (χ1n) is 9.03. The van der Waals surface area contributed by atoms with Crippen LogP contribution in [0.2, 0.25) is 5.02 Å². The molecule has 4 rings (SSSR count). The number of aromatic carboxylic acids is 1. The van der Waals surface area contributed by atoms with Crippen LogP contribution in [0.5, 0.6) is 0 Å². The highest BCUT2D eigenvalue weighted by Crippen LogP contribution is 2.32. The molecule has 4 aromatic rings. The zero-order valence-electron chi connectivity index (χ0n) is 15.8. The number of aromatic nitrogens is 2. The largest absolute Gasteiger partial charge is 0.478 e. The van der Waals surface area contributed by atoms with Crippen molar-refractivity contribution in [2.75, 3.05) is 0 Å². The number of rotatable bonds is 4. The van der Waals surface area contributed by atoms with Crippen molar-refractivity contribution in [3.63, 3.8) is 0 Å². The molecule has 0 unspecified atom stereocenters. The fourth-order valence-corrected chi connectivity index (χ4v) is 3.73. The zero-order valence-corrected chi connectivity index (χ0v) is 16.6. The average Bonchev–Trinajstić information content (AvgIpc) is 3.13. The predicted octanol–water partition coefficient (Wildman–Crippen LogP) is 4.86. The maximum atomic E-state index is 13.3. The van der Waals surface area contributed by atoms with Crippen LogP contribution in [0.4, 0.5) is 0 Å². The van der Waals surface area contributed by atoms with Gasteiger partial charge in [0, 0.05) is 16.5 Å². The summed E-state index contributed by atoms with van der Waals surface area (Å²) in [5.74, 6) is -1.46. The van der Waals surface area contributed by atoms with Gasteiger partial charge in [-0.05, 0) is 36.8 Å². The van der Waals surface area contributed by atoms with Gasteiger partial charge in [0.1, 0.15) is 5.69 Å². The van der Waals surface area contributed by atoms with Crippen LogP contribution in [0.15, 0.2) is 60.7 Å². The van der Waals surface area contributed by atoms with Gasteiger partial charge >= 0.3 is 5.97 Å². The number of nitrogens with zero attached hydrogens (tertiary/aromatic N) is 2. The van der Waals surface area contributed by atoms with E-state index in [9.17, 15) is 14.4 Å². The zero-order chi connectivity index (χ0) is 21.4. The number of halogens is 1. The number of carbonyl (C=O) groups excluding carboxylic acids is 2. The van der Waals surface area contributed by atoms with Gasteiger partial charge in [-0.25, -0.2) is 4.79 Å². The molecule has 0 atom stereocenters. The van der Waals surface area contributed by atoms with E-state index >= 15 is 0 Å². The second-order valence-electron chi connectivity index (χ2n) is 6.74. The third-order valence-corrected chi connectivity index (χ3v) is 5.22. The molecule has 0 saturated heterocycles. The van der Waals surface area contributed by atoms with Crippen molar-refractivity contribution in [1.82, 2.24) is 9.78 Å². The molecule has 0 aliphatic rings. The number of aldehydes is 1. The van der Waals surface area contributed by atoms with Crippen LogP contribution in [0.3, 0.4) is 0 Å². The number of hydrogen-bond donors (Lipinski definition) is 1. The fourth-order valence-electron chi connectivity index (χ4n) is 3.43. The molecule has 0 bridgehead atoms. The molecule has 1 N–H and O–H groups in total. The first-order chi connectivity index (χ1) is 14.4. The van der Waals surface area contributed by atoms with Gasteiger partial charge in [-0.3, -0.25) is 9.59 Å². The van der Waals surface area contributed by atoms with E-state index in [1.807, 2.05) is 0 Å². The van der Waals surface area contributed by atoms with Crippen molar-refractivity contribution in [2.45, 2.75) is 6.92 Å². The maximum absolute atomic E-state index is 13.3. The van der Waals surface area contributed by atoms with Gasteiger partial charge in [0.15, 0.2) is 6.29 Å². The second kappa shape index (κ2) is 7.57. The van der Waals surface area contributed by atoms with E-state index in [0.29, 0.717) is 50.2 Å². The van der Waals surface area contributed by atoms with Gasteiger partial charge < -0.3 is 5.11 Å². The van der Waals surface area contributed by atoms with E-state index in [0.717, 1.165) is 0 Å². The molecule has 148 valence electrons. The lowest BCUT2D eigenvalue weighted by molar-refractivity contribution is 0.0696. The molecular weight excluding hydrogens is 404 g/mol. The van der Waals surface area contributed by atoms with Crippen molar-refractivity contribution >= 4 is 40.7 Å². The van der Waals surface area contributed by atoms with E-state index < -0.39 is 11.9 Å². The van der Waals surface area contributed by atoms with Crippen LogP contribution >= 0.6 is 11.6 Å². The van der Waals surface area contributed by atoms with E-state index in [1.165, 1.54) is 16.8 Å². The standard InChI is InChI=1S/C23H15ClN2O4/c1-13-4-2-6-17(24)19(13)22(28)26-18-7-3-5-16(12-27)20(18)21(25-26)14-8-10-15(11-9-14)23(29)30/h2-12H,1H3,(H,29,30). The predicted molar refractivity (Wildman–Crippen MR) is 113 cm³/mol. The SMILES string of the molecule is Cc1cccc(Cl)c1C(=O)n1nc(-c2ccc(C(=O)O)cc2)c2c(C=O)cccc21. The minimum absolute atomic E-state index is 0.126. The molecule has 0 saturated carbocycles. The van der Waals surface area contributed by atoms with Crippen molar-refractivity contribution < 1.29 is 19.5 Å². The molecule has 0 aliphatic heterocycles. The highest BCUT2D eigenvalue weighted by atomic mass is 35.5. The van der Waals surface area contributed by atoms with Crippen molar-refractivity contribution in [2.24, 2.45) is 0 Å². The van der Waals surface area contributed by atoms with Crippen molar-refractivity contribution in [3.8, 4) is 11.3 Å². The fraction of sp³-hybridized carbons (Fsp3) is 0.0435. The lowest BCUT2D eigenvalue weighted by Crippen LogP contribution is -2.15. The van der Waals surface area contributed by atoms with E-state index in [1.54, 1.807) is 55.5 Å². The number of carbonyl (C=O) groups is 3. The molecule has 0 spiro atoms. The molecular formula is C23H15ClN2O4. The van der Waals surface area contributed by atoms with E-state index in [-0.39, 0.29) is 5.56 Å². The van der Waals surface area contributed by atoms with Crippen LogP contribution in [-0.4, -0.2) is 33.0 Å². The first-order valence-corrected chi connectivity index (χ1v) is 9.40. The Balaban J connectivity index is 1.98. The second-order valence-corrected chi connectivity index (χ2v) is 7.15. The van der Waals surface area contributed by atoms with E-state index in [2.05, 4.69) is 5.10 Å². The number of carboxylic acids is 1. The minimum atomic E-state index is -1.05. The highest BCUT2D eigenvalue weighted by Gasteiger charge is 2.23. The lowest BCUT2D eigenvalue weighted by atomic mass is 10.0. The Morgan fingerprint density at radius 3 is 2.37 bits per heavy atom. The van der Waals surface area contributed by atoms with Crippen LogP contribution in [0.1, 0.15) is 36.6 Å². The maximum Gasteiger partial charge on any atom is 0.335 e. The van der Waals surface area contributed by atoms with Crippen molar-refractivity contribution in [1.29, 1.82) is 0 Å². The Bertz CT molecular complexity index is 1300. The normalized spacial score (nSPS) is 10.9.